The highest BCUT2D eigenvalue weighted by molar-refractivity contribution is 9.09. The van der Waals surface area contributed by atoms with Gasteiger partial charge in [-0.05, 0) is 37.5 Å². The molecule has 2 aliphatic rings. The Balaban J connectivity index is 2.04. The number of hydrogen-bond acceptors (Lipinski definition) is 1. The first kappa shape index (κ1) is 8.06. The van der Waals surface area contributed by atoms with Crippen LogP contribution in [-0.2, 0) is 4.74 Å². The highest BCUT2D eigenvalue weighted by Crippen LogP contribution is 2.47. The first-order chi connectivity index (χ1) is 5.33. The molecule has 0 amide bonds. The maximum atomic E-state index is 5.45. The molecule has 0 heterocycles. The number of alkyl halides is 1. The lowest BCUT2D eigenvalue weighted by atomic mass is 9.99. The summed E-state index contributed by atoms with van der Waals surface area (Å²) < 4.78 is 5.45. The number of methoxy groups -OCH3 is 1. The highest BCUT2D eigenvalue weighted by atomic mass is 79.9. The van der Waals surface area contributed by atoms with Gasteiger partial charge in [0.05, 0.1) is 6.10 Å². The van der Waals surface area contributed by atoms with Gasteiger partial charge >= 0.3 is 0 Å². The normalized spacial score (nSPS) is 49.6. The van der Waals surface area contributed by atoms with Crippen LogP contribution in [0.1, 0.15) is 25.7 Å². The summed E-state index contributed by atoms with van der Waals surface area (Å²) in [5.74, 6) is 1.78. The number of ether oxygens (including phenoxy) is 1. The van der Waals surface area contributed by atoms with Gasteiger partial charge in [0.1, 0.15) is 0 Å². The zero-order valence-electron chi connectivity index (χ0n) is 6.92. The van der Waals surface area contributed by atoms with Crippen molar-refractivity contribution >= 4 is 15.9 Å². The van der Waals surface area contributed by atoms with E-state index in [2.05, 4.69) is 15.9 Å². The summed E-state index contributed by atoms with van der Waals surface area (Å²) in [6.45, 7) is 0. The molecule has 4 atom stereocenters. The molecule has 0 aromatic carbocycles. The lowest BCUT2D eigenvalue weighted by molar-refractivity contribution is 0.0671. The van der Waals surface area contributed by atoms with E-state index >= 15 is 0 Å². The van der Waals surface area contributed by atoms with Crippen LogP contribution >= 0.6 is 15.9 Å². The van der Waals surface area contributed by atoms with E-state index < -0.39 is 0 Å². The predicted octanol–water partition coefficient (Wildman–Crippen LogP) is 2.58. The van der Waals surface area contributed by atoms with Gasteiger partial charge in [0.15, 0.2) is 0 Å². The molecule has 4 unspecified atom stereocenters. The number of halogens is 1. The molecule has 1 nitrogen and oxygen atoms in total. The summed E-state index contributed by atoms with van der Waals surface area (Å²) in [6, 6.07) is 0. The summed E-state index contributed by atoms with van der Waals surface area (Å²) >= 11 is 3.75. The predicted molar refractivity (Wildman–Crippen MR) is 49.0 cm³/mol. The van der Waals surface area contributed by atoms with Crippen molar-refractivity contribution in [2.75, 3.05) is 7.11 Å². The average molecular weight is 219 g/mol. The fraction of sp³-hybridized carbons (Fsp3) is 1.00. The minimum atomic E-state index is 0.572. The fourth-order valence-corrected chi connectivity index (χ4v) is 3.69. The molecule has 2 aliphatic carbocycles. The van der Waals surface area contributed by atoms with Crippen LogP contribution in [-0.4, -0.2) is 18.0 Å². The van der Waals surface area contributed by atoms with Crippen molar-refractivity contribution < 1.29 is 4.74 Å². The first-order valence-corrected chi connectivity index (χ1v) is 5.41. The van der Waals surface area contributed by atoms with E-state index in [9.17, 15) is 0 Å². The molecular weight excluding hydrogens is 204 g/mol. The Bertz CT molecular complexity index is 148. The quantitative estimate of drug-likeness (QED) is 0.616. The van der Waals surface area contributed by atoms with Gasteiger partial charge in [0.25, 0.3) is 0 Å². The molecule has 0 bridgehead atoms. The Morgan fingerprint density at radius 3 is 2.55 bits per heavy atom. The van der Waals surface area contributed by atoms with E-state index in [4.69, 9.17) is 4.74 Å². The van der Waals surface area contributed by atoms with Gasteiger partial charge in [-0.15, -0.1) is 0 Å². The van der Waals surface area contributed by atoms with Crippen LogP contribution in [0.4, 0.5) is 0 Å². The van der Waals surface area contributed by atoms with E-state index in [0.29, 0.717) is 6.10 Å². The molecule has 0 saturated heterocycles. The Labute approximate surface area is 76.6 Å². The van der Waals surface area contributed by atoms with Crippen molar-refractivity contribution in [3.63, 3.8) is 0 Å². The van der Waals surface area contributed by atoms with Crippen LogP contribution in [0, 0.1) is 11.8 Å². The molecule has 0 N–H and O–H groups in total. The smallest absolute Gasteiger partial charge is 0.0602 e. The molecular formula is C9H15BrO. The molecule has 11 heavy (non-hydrogen) atoms. The minimum Gasteiger partial charge on any atom is -0.381 e. The van der Waals surface area contributed by atoms with Crippen LogP contribution in [0.25, 0.3) is 0 Å². The van der Waals surface area contributed by atoms with Crippen molar-refractivity contribution in [3.8, 4) is 0 Å². The standard InChI is InChI=1S/C9H15BrO/c1-11-9-5-3-6-7(9)2-4-8(6)10/h6-9H,2-5H2,1H3. The number of rotatable bonds is 1. The van der Waals surface area contributed by atoms with Crippen LogP contribution in [0.3, 0.4) is 0 Å². The monoisotopic (exact) mass is 218 g/mol. The van der Waals surface area contributed by atoms with Crippen LogP contribution in [0.2, 0.25) is 0 Å². The van der Waals surface area contributed by atoms with E-state index in [1.165, 1.54) is 25.7 Å². The molecule has 0 radical (unpaired) electrons. The molecule has 0 spiro atoms. The van der Waals surface area contributed by atoms with Crippen LogP contribution in [0.5, 0.6) is 0 Å². The second kappa shape index (κ2) is 3.06. The van der Waals surface area contributed by atoms with Gasteiger partial charge in [-0.3, -0.25) is 0 Å². The fourth-order valence-electron chi connectivity index (χ4n) is 2.77. The molecule has 2 fully saturated rings. The van der Waals surface area contributed by atoms with Gasteiger partial charge in [-0.1, -0.05) is 15.9 Å². The average Bonchev–Trinajstić information content (AvgIpc) is 2.53. The summed E-state index contributed by atoms with van der Waals surface area (Å²) in [6.07, 6.45) is 5.96. The highest BCUT2D eigenvalue weighted by Gasteiger charge is 2.43. The lowest BCUT2D eigenvalue weighted by Crippen LogP contribution is -2.18. The Kier molecular flexibility index (Phi) is 2.24. The molecule has 64 valence electrons. The second-order valence-electron chi connectivity index (χ2n) is 3.77. The third kappa shape index (κ3) is 1.25. The molecule has 0 aromatic heterocycles. The van der Waals surface area contributed by atoms with Crippen molar-refractivity contribution in [2.45, 2.75) is 36.6 Å². The summed E-state index contributed by atoms with van der Waals surface area (Å²) in [4.78, 5) is 0.785. The summed E-state index contributed by atoms with van der Waals surface area (Å²) in [5.41, 5.74) is 0. The van der Waals surface area contributed by atoms with E-state index in [1.807, 2.05) is 7.11 Å². The van der Waals surface area contributed by atoms with Gasteiger partial charge in [0, 0.05) is 11.9 Å². The third-order valence-electron chi connectivity index (χ3n) is 3.36. The van der Waals surface area contributed by atoms with E-state index in [0.717, 1.165) is 16.7 Å². The SMILES string of the molecule is COC1CCC2C(Br)CCC12. The van der Waals surface area contributed by atoms with Crippen molar-refractivity contribution in [2.24, 2.45) is 11.8 Å². The molecule has 2 saturated carbocycles. The zero-order valence-corrected chi connectivity index (χ0v) is 8.51. The number of fused-ring (bicyclic) bond motifs is 1. The number of hydrogen-bond donors (Lipinski definition) is 0. The van der Waals surface area contributed by atoms with E-state index in [1.54, 1.807) is 0 Å². The zero-order chi connectivity index (χ0) is 7.84. The summed E-state index contributed by atoms with van der Waals surface area (Å²) in [5, 5.41) is 0. The largest absolute Gasteiger partial charge is 0.381 e. The van der Waals surface area contributed by atoms with Gasteiger partial charge in [-0.25, -0.2) is 0 Å². The van der Waals surface area contributed by atoms with Crippen molar-refractivity contribution in [1.29, 1.82) is 0 Å². The summed E-state index contributed by atoms with van der Waals surface area (Å²) in [7, 11) is 1.86. The van der Waals surface area contributed by atoms with Gasteiger partial charge in [0.2, 0.25) is 0 Å². The van der Waals surface area contributed by atoms with Crippen molar-refractivity contribution in [1.82, 2.24) is 0 Å². The topological polar surface area (TPSA) is 9.23 Å². The Hall–Kier alpha value is 0.440. The minimum absolute atomic E-state index is 0.572. The van der Waals surface area contributed by atoms with E-state index in [-0.39, 0.29) is 0 Å². The second-order valence-corrected chi connectivity index (χ2v) is 4.95. The first-order valence-electron chi connectivity index (χ1n) is 4.50. The molecule has 0 aliphatic heterocycles. The maximum Gasteiger partial charge on any atom is 0.0602 e. The van der Waals surface area contributed by atoms with Crippen LogP contribution in [0.15, 0.2) is 0 Å². The lowest BCUT2D eigenvalue weighted by Gasteiger charge is -2.16. The van der Waals surface area contributed by atoms with Crippen LogP contribution < -0.4 is 0 Å². The van der Waals surface area contributed by atoms with Gasteiger partial charge in [-0.2, -0.15) is 0 Å². The molecule has 2 rings (SSSR count). The van der Waals surface area contributed by atoms with Crippen molar-refractivity contribution in [3.05, 3.63) is 0 Å². The molecule has 2 heteroatoms. The Morgan fingerprint density at radius 2 is 1.82 bits per heavy atom. The molecule has 0 aromatic rings. The van der Waals surface area contributed by atoms with Gasteiger partial charge < -0.3 is 4.74 Å². The Morgan fingerprint density at radius 1 is 1.09 bits per heavy atom. The maximum absolute atomic E-state index is 5.45. The third-order valence-corrected chi connectivity index (χ3v) is 4.49.